The van der Waals surface area contributed by atoms with Crippen molar-refractivity contribution >= 4 is 40.8 Å². The van der Waals surface area contributed by atoms with Gasteiger partial charge in [-0.05, 0) is 55.0 Å². The first-order valence-corrected chi connectivity index (χ1v) is 11.5. The molecule has 2 aromatic carbocycles. The van der Waals surface area contributed by atoms with Gasteiger partial charge in [0.1, 0.15) is 0 Å². The first-order valence-electron chi connectivity index (χ1n) is 10.1. The number of nitrogens with one attached hydrogen (secondary N) is 1. The number of thioether (sulfide) groups is 1. The Labute approximate surface area is 199 Å². The van der Waals surface area contributed by atoms with Crippen LogP contribution in [0.2, 0.25) is 5.02 Å². The quantitative estimate of drug-likeness (QED) is 0.290. The second-order valence-corrected chi connectivity index (χ2v) is 8.16. The highest BCUT2D eigenvalue weighted by atomic mass is 35.5. The maximum Gasteiger partial charge on any atom is 0.338 e. The minimum Gasteiger partial charge on any atom is -0.462 e. The van der Waals surface area contributed by atoms with Crippen LogP contribution < -0.4 is 10.9 Å². The first-order chi connectivity index (χ1) is 16.1. The number of esters is 1. The summed E-state index contributed by atoms with van der Waals surface area (Å²) < 4.78 is 8.06. The molecule has 8 nitrogen and oxygen atoms in total. The van der Waals surface area contributed by atoms with Crippen LogP contribution in [-0.2, 0) is 10.5 Å². The molecule has 0 spiro atoms. The van der Waals surface area contributed by atoms with E-state index in [1.54, 1.807) is 48.3 Å². The van der Waals surface area contributed by atoms with Gasteiger partial charge >= 0.3 is 11.5 Å². The van der Waals surface area contributed by atoms with Crippen molar-refractivity contribution < 1.29 is 9.53 Å². The number of ether oxygens (including phenoxy) is 1. The van der Waals surface area contributed by atoms with E-state index in [0.717, 1.165) is 5.56 Å². The summed E-state index contributed by atoms with van der Waals surface area (Å²) in [7, 11) is 0. The molecule has 0 saturated carbocycles. The molecule has 33 heavy (non-hydrogen) atoms. The van der Waals surface area contributed by atoms with Gasteiger partial charge in [0, 0.05) is 28.9 Å². The number of anilines is 2. The molecule has 4 aromatic rings. The van der Waals surface area contributed by atoms with Crippen molar-refractivity contribution in [2.24, 2.45) is 0 Å². The third-order valence-corrected chi connectivity index (χ3v) is 5.94. The van der Waals surface area contributed by atoms with E-state index in [0.29, 0.717) is 33.8 Å². The standard InChI is InChI=1S/C23H20ClN5O3S/c1-2-32-22(31)16-9-11-18(12-10-16)25-20-21(30)29(28-13-5-6-14-28)23(27-26-20)33-15-17-7-3-4-8-19(17)24/h3-14H,2,15H2,1H3,(H,25,26). The molecule has 0 fully saturated rings. The van der Waals surface area contributed by atoms with Crippen molar-refractivity contribution in [1.29, 1.82) is 0 Å². The van der Waals surface area contributed by atoms with Crippen molar-refractivity contribution in [1.82, 2.24) is 19.5 Å². The van der Waals surface area contributed by atoms with Crippen molar-refractivity contribution in [2.75, 3.05) is 11.9 Å². The average Bonchev–Trinajstić information content (AvgIpc) is 3.35. The molecule has 0 radical (unpaired) electrons. The number of carbonyl (C=O) groups is 1. The van der Waals surface area contributed by atoms with Gasteiger partial charge in [-0.3, -0.25) is 9.47 Å². The lowest BCUT2D eigenvalue weighted by molar-refractivity contribution is 0.0526. The summed E-state index contributed by atoms with van der Waals surface area (Å²) in [6, 6.07) is 17.7. The molecular weight excluding hydrogens is 462 g/mol. The molecule has 4 rings (SSSR count). The van der Waals surface area contributed by atoms with Crippen LogP contribution in [-0.4, -0.2) is 32.1 Å². The van der Waals surface area contributed by atoms with Crippen LogP contribution in [0.1, 0.15) is 22.8 Å². The Bertz CT molecular complexity index is 1310. The molecule has 0 atom stereocenters. The number of hydrogen-bond acceptors (Lipinski definition) is 7. The maximum atomic E-state index is 13.3. The van der Waals surface area contributed by atoms with Gasteiger partial charge in [0.15, 0.2) is 0 Å². The van der Waals surface area contributed by atoms with E-state index in [9.17, 15) is 9.59 Å². The zero-order valence-corrected chi connectivity index (χ0v) is 19.2. The van der Waals surface area contributed by atoms with Crippen LogP contribution in [0.4, 0.5) is 11.5 Å². The summed E-state index contributed by atoms with van der Waals surface area (Å²) in [6.07, 6.45) is 3.50. The maximum absolute atomic E-state index is 13.3. The van der Waals surface area contributed by atoms with Crippen LogP contribution in [0.5, 0.6) is 0 Å². The third-order valence-electron chi connectivity index (χ3n) is 4.60. The Morgan fingerprint density at radius 2 is 1.79 bits per heavy atom. The number of halogens is 1. The number of nitrogens with zero attached hydrogens (tertiary/aromatic N) is 4. The van der Waals surface area contributed by atoms with E-state index in [-0.39, 0.29) is 11.4 Å². The monoisotopic (exact) mass is 481 g/mol. The molecule has 0 amide bonds. The molecule has 168 valence electrons. The zero-order valence-electron chi connectivity index (χ0n) is 17.6. The molecule has 0 unspecified atom stereocenters. The van der Waals surface area contributed by atoms with Crippen LogP contribution in [0, 0.1) is 0 Å². The zero-order chi connectivity index (χ0) is 23.2. The van der Waals surface area contributed by atoms with Crippen LogP contribution in [0.25, 0.3) is 0 Å². The van der Waals surface area contributed by atoms with E-state index in [1.807, 2.05) is 36.4 Å². The topological polar surface area (TPSA) is 91.0 Å². The smallest absolute Gasteiger partial charge is 0.338 e. The van der Waals surface area contributed by atoms with Crippen LogP contribution in [0.15, 0.2) is 83.0 Å². The fourth-order valence-corrected chi connectivity index (χ4v) is 4.21. The Kier molecular flexibility index (Phi) is 7.11. The minimum atomic E-state index is -0.404. The van der Waals surface area contributed by atoms with Crippen LogP contribution in [0.3, 0.4) is 0 Å². The van der Waals surface area contributed by atoms with Gasteiger partial charge in [-0.2, -0.15) is 4.68 Å². The lowest BCUT2D eigenvalue weighted by atomic mass is 10.2. The average molecular weight is 482 g/mol. The van der Waals surface area contributed by atoms with Gasteiger partial charge < -0.3 is 10.1 Å². The normalized spacial score (nSPS) is 10.7. The summed E-state index contributed by atoms with van der Waals surface area (Å²) in [4.78, 5) is 25.1. The first kappa shape index (κ1) is 22.6. The SMILES string of the molecule is CCOC(=O)c1ccc(Nc2nnc(SCc3ccccc3Cl)n(-n3cccc3)c2=O)cc1. The predicted octanol–water partition coefficient (Wildman–Crippen LogP) is 4.62. The number of benzene rings is 2. The van der Waals surface area contributed by atoms with Gasteiger partial charge in [-0.15, -0.1) is 10.2 Å². The minimum absolute atomic E-state index is 0.0506. The summed E-state index contributed by atoms with van der Waals surface area (Å²) in [5.74, 6) is 0.172. The second-order valence-electron chi connectivity index (χ2n) is 6.81. The van der Waals surface area contributed by atoms with Gasteiger partial charge in [0.05, 0.1) is 12.2 Å². The summed E-state index contributed by atoms with van der Waals surface area (Å²) >= 11 is 7.62. The van der Waals surface area contributed by atoms with E-state index >= 15 is 0 Å². The molecule has 1 N–H and O–H groups in total. The second kappa shape index (κ2) is 10.4. The van der Waals surface area contributed by atoms with Crippen LogP contribution >= 0.6 is 23.4 Å². The molecule has 2 heterocycles. The Morgan fingerprint density at radius 3 is 2.48 bits per heavy atom. The molecular formula is C23H20ClN5O3S. The third kappa shape index (κ3) is 5.27. The number of rotatable bonds is 8. The van der Waals surface area contributed by atoms with Gasteiger partial charge in [-0.25, -0.2) is 4.79 Å². The van der Waals surface area contributed by atoms with Gasteiger partial charge in [-0.1, -0.05) is 41.6 Å². The predicted molar refractivity (Wildman–Crippen MR) is 128 cm³/mol. The highest BCUT2D eigenvalue weighted by molar-refractivity contribution is 7.98. The summed E-state index contributed by atoms with van der Waals surface area (Å²) in [6.45, 7) is 2.05. The van der Waals surface area contributed by atoms with Crippen molar-refractivity contribution in [3.8, 4) is 0 Å². The number of aromatic nitrogens is 4. The fraction of sp³-hybridized carbons (Fsp3) is 0.130. The molecule has 0 aliphatic carbocycles. The Hall–Kier alpha value is -3.56. The van der Waals surface area contributed by atoms with E-state index in [4.69, 9.17) is 16.3 Å². The largest absolute Gasteiger partial charge is 0.462 e. The van der Waals surface area contributed by atoms with Gasteiger partial charge in [0.25, 0.3) is 0 Å². The van der Waals surface area contributed by atoms with Crippen molar-refractivity contribution in [3.05, 3.63) is 99.6 Å². The molecule has 0 aliphatic rings. The highest BCUT2D eigenvalue weighted by Crippen LogP contribution is 2.25. The fourth-order valence-electron chi connectivity index (χ4n) is 2.99. The highest BCUT2D eigenvalue weighted by Gasteiger charge is 2.15. The van der Waals surface area contributed by atoms with E-state index in [2.05, 4.69) is 15.5 Å². The lowest BCUT2D eigenvalue weighted by Crippen LogP contribution is -2.30. The number of carbonyl (C=O) groups excluding carboxylic acids is 1. The molecule has 0 bridgehead atoms. The summed E-state index contributed by atoms with van der Waals surface area (Å²) in [5, 5.41) is 12.4. The van der Waals surface area contributed by atoms with Crippen molar-refractivity contribution in [3.63, 3.8) is 0 Å². The molecule has 10 heteroatoms. The molecule has 0 saturated heterocycles. The Balaban J connectivity index is 1.61. The molecule has 2 aromatic heterocycles. The number of hydrogen-bond donors (Lipinski definition) is 1. The summed E-state index contributed by atoms with van der Waals surface area (Å²) in [5.41, 5.74) is 1.56. The van der Waals surface area contributed by atoms with Crippen molar-refractivity contribution in [2.45, 2.75) is 17.8 Å². The van der Waals surface area contributed by atoms with E-state index in [1.165, 1.54) is 16.4 Å². The lowest BCUT2D eigenvalue weighted by Gasteiger charge is -2.14. The Morgan fingerprint density at radius 1 is 1.06 bits per heavy atom. The van der Waals surface area contributed by atoms with E-state index < -0.39 is 5.97 Å². The van der Waals surface area contributed by atoms with Gasteiger partial charge in [0.2, 0.25) is 11.0 Å². The molecule has 0 aliphatic heterocycles.